The summed E-state index contributed by atoms with van der Waals surface area (Å²) in [5.41, 5.74) is 5.09. The second-order valence-corrected chi connectivity index (χ2v) is 4.76. The molecule has 0 spiro atoms. The van der Waals surface area contributed by atoms with E-state index in [1.807, 2.05) is 0 Å². The number of piperidine rings is 1. The number of nitro groups is 1. The predicted molar refractivity (Wildman–Crippen MR) is 72.8 cm³/mol. The Balaban J connectivity index is 2.09. The minimum Gasteiger partial charge on any atom is -0.491 e. The summed E-state index contributed by atoms with van der Waals surface area (Å²) < 4.78 is 5.59. The standard InChI is InChI=1S/C13H17N3O4/c14-13(17)11-7-10(16(18)19)4-5-12(11)20-8-9-3-1-2-6-15-9/h4-5,7,9,15H,1-3,6,8H2,(H2,14,17). The van der Waals surface area contributed by atoms with Gasteiger partial charge < -0.3 is 15.8 Å². The third-order valence-electron chi connectivity index (χ3n) is 3.29. The Hall–Kier alpha value is -2.15. The number of carbonyl (C=O) groups is 1. The van der Waals surface area contributed by atoms with Crippen molar-refractivity contribution in [2.24, 2.45) is 5.73 Å². The zero-order chi connectivity index (χ0) is 14.5. The summed E-state index contributed by atoms with van der Waals surface area (Å²) in [6.07, 6.45) is 3.31. The van der Waals surface area contributed by atoms with Crippen LogP contribution < -0.4 is 15.8 Å². The molecule has 1 heterocycles. The summed E-state index contributed by atoms with van der Waals surface area (Å²) >= 11 is 0. The molecule has 7 nitrogen and oxygen atoms in total. The van der Waals surface area contributed by atoms with Gasteiger partial charge in [-0.25, -0.2) is 0 Å². The number of hydrogen-bond acceptors (Lipinski definition) is 5. The molecule has 2 rings (SSSR count). The number of amides is 1. The second kappa shape index (κ2) is 6.33. The van der Waals surface area contributed by atoms with Gasteiger partial charge in [0.25, 0.3) is 11.6 Å². The summed E-state index contributed by atoms with van der Waals surface area (Å²) in [6.45, 7) is 1.37. The molecule has 1 aromatic carbocycles. The quantitative estimate of drug-likeness (QED) is 0.622. The topological polar surface area (TPSA) is 107 Å². The number of hydrogen-bond donors (Lipinski definition) is 2. The van der Waals surface area contributed by atoms with Gasteiger partial charge in [-0.3, -0.25) is 14.9 Å². The lowest BCUT2D eigenvalue weighted by Gasteiger charge is -2.23. The monoisotopic (exact) mass is 279 g/mol. The second-order valence-electron chi connectivity index (χ2n) is 4.76. The van der Waals surface area contributed by atoms with E-state index in [0.29, 0.717) is 6.61 Å². The highest BCUT2D eigenvalue weighted by atomic mass is 16.6. The van der Waals surface area contributed by atoms with Crippen molar-refractivity contribution in [3.8, 4) is 5.75 Å². The molecule has 0 saturated carbocycles. The lowest BCUT2D eigenvalue weighted by atomic mass is 10.1. The van der Waals surface area contributed by atoms with E-state index < -0.39 is 10.8 Å². The number of rotatable bonds is 5. The maximum atomic E-state index is 11.4. The molecule has 1 amide bonds. The summed E-state index contributed by atoms with van der Waals surface area (Å²) in [6, 6.07) is 4.10. The first-order valence-corrected chi connectivity index (χ1v) is 6.52. The van der Waals surface area contributed by atoms with Crippen molar-refractivity contribution in [2.45, 2.75) is 25.3 Å². The van der Waals surface area contributed by atoms with Crippen molar-refractivity contribution in [3.63, 3.8) is 0 Å². The van der Waals surface area contributed by atoms with Crippen LogP contribution in [0.3, 0.4) is 0 Å². The van der Waals surface area contributed by atoms with E-state index in [0.717, 1.165) is 31.9 Å². The molecule has 0 aliphatic carbocycles. The fourth-order valence-electron chi connectivity index (χ4n) is 2.21. The third kappa shape index (κ3) is 3.45. The van der Waals surface area contributed by atoms with Crippen LogP contribution in [0.15, 0.2) is 18.2 Å². The molecule has 0 radical (unpaired) electrons. The molecule has 7 heteroatoms. The van der Waals surface area contributed by atoms with Gasteiger partial charge in [0.15, 0.2) is 0 Å². The van der Waals surface area contributed by atoms with E-state index >= 15 is 0 Å². The Morgan fingerprint density at radius 3 is 2.90 bits per heavy atom. The zero-order valence-electron chi connectivity index (χ0n) is 11.0. The Kier molecular flexibility index (Phi) is 4.52. The van der Waals surface area contributed by atoms with Crippen LogP contribution in [0.1, 0.15) is 29.6 Å². The minimum absolute atomic E-state index is 0.0370. The summed E-state index contributed by atoms with van der Waals surface area (Å²) in [7, 11) is 0. The van der Waals surface area contributed by atoms with Crippen molar-refractivity contribution >= 4 is 11.6 Å². The smallest absolute Gasteiger partial charge is 0.270 e. The highest BCUT2D eigenvalue weighted by molar-refractivity contribution is 5.96. The summed E-state index contributed by atoms with van der Waals surface area (Å²) in [4.78, 5) is 21.5. The van der Waals surface area contributed by atoms with Crippen molar-refractivity contribution in [1.29, 1.82) is 0 Å². The average molecular weight is 279 g/mol. The summed E-state index contributed by atoms with van der Waals surface area (Å²) in [5, 5.41) is 14.0. The molecule has 1 fully saturated rings. The van der Waals surface area contributed by atoms with E-state index in [1.54, 1.807) is 0 Å². The van der Waals surface area contributed by atoms with Crippen molar-refractivity contribution in [3.05, 3.63) is 33.9 Å². The number of nitrogens with zero attached hydrogens (tertiary/aromatic N) is 1. The number of nitrogens with two attached hydrogens (primary N) is 1. The van der Waals surface area contributed by atoms with Crippen LogP contribution in [0.5, 0.6) is 5.75 Å². The first-order chi connectivity index (χ1) is 9.58. The van der Waals surface area contributed by atoms with E-state index in [9.17, 15) is 14.9 Å². The molecule has 1 aliphatic rings. The van der Waals surface area contributed by atoms with Crippen LogP contribution in [0.2, 0.25) is 0 Å². The van der Waals surface area contributed by atoms with E-state index in [2.05, 4.69) is 5.32 Å². The number of nitro benzene ring substituents is 1. The highest BCUT2D eigenvalue weighted by Gasteiger charge is 2.18. The van der Waals surface area contributed by atoms with Gasteiger partial charge in [0.2, 0.25) is 0 Å². The maximum absolute atomic E-state index is 11.4. The fourth-order valence-corrected chi connectivity index (χ4v) is 2.21. The lowest BCUT2D eigenvalue weighted by molar-refractivity contribution is -0.384. The van der Waals surface area contributed by atoms with Crippen molar-refractivity contribution in [2.75, 3.05) is 13.2 Å². The number of carbonyl (C=O) groups excluding carboxylic acids is 1. The molecule has 1 unspecified atom stereocenters. The SMILES string of the molecule is NC(=O)c1cc([N+](=O)[O-])ccc1OCC1CCCCN1. The number of benzene rings is 1. The molecule has 3 N–H and O–H groups in total. The molecule has 108 valence electrons. The number of non-ortho nitro benzene ring substituents is 1. The lowest BCUT2D eigenvalue weighted by Crippen LogP contribution is -2.38. The van der Waals surface area contributed by atoms with Gasteiger partial charge in [-0.05, 0) is 25.5 Å². The Morgan fingerprint density at radius 1 is 1.50 bits per heavy atom. The van der Waals surface area contributed by atoms with Gasteiger partial charge in [0, 0.05) is 18.2 Å². The molecular weight excluding hydrogens is 262 g/mol. The van der Waals surface area contributed by atoms with Gasteiger partial charge in [-0.15, -0.1) is 0 Å². The molecule has 0 aromatic heterocycles. The van der Waals surface area contributed by atoms with Gasteiger partial charge in [0.1, 0.15) is 12.4 Å². The Bertz CT molecular complexity index is 512. The molecule has 20 heavy (non-hydrogen) atoms. The van der Waals surface area contributed by atoms with Crippen LogP contribution in [0.25, 0.3) is 0 Å². The first kappa shape index (κ1) is 14.3. The van der Waals surface area contributed by atoms with Crippen molar-refractivity contribution in [1.82, 2.24) is 5.32 Å². The van der Waals surface area contributed by atoms with Crippen LogP contribution in [0.4, 0.5) is 5.69 Å². The van der Waals surface area contributed by atoms with Crippen LogP contribution in [-0.2, 0) is 0 Å². The van der Waals surface area contributed by atoms with Gasteiger partial charge in [-0.2, -0.15) is 0 Å². The summed E-state index contributed by atoms with van der Waals surface area (Å²) in [5.74, 6) is -0.448. The number of primary amides is 1. The molecule has 1 saturated heterocycles. The van der Waals surface area contributed by atoms with Crippen LogP contribution >= 0.6 is 0 Å². The Morgan fingerprint density at radius 2 is 2.30 bits per heavy atom. The third-order valence-corrected chi connectivity index (χ3v) is 3.29. The Labute approximate surface area is 116 Å². The molecule has 1 aromatic rings. The average Bonchev–Trinajstić information content (AvgIpc) is 2.45. The number of nitrogens with one attached hydrogen (secondary N) is 1. The molecule has 1 aliphatic heterocycles. The predicted octanol–water partition coefficient (Wildman–Crippen LogP) is 1.21. The molecule has 1 atom stereocenters. The normalized spacial score (nSPS) is 18.5. The van der Waals surface area contributed by atoms with E-state index in [4.69, 9.17) is 10.5 Å². The van der Waals surface area contributed by atoms with Gasteiger partial charge in [0.05, 0.1) is 10.5 Å². The van der Waals surface area contributed by atoms with Gasteiger partial charge >= 0.3 is 0 Å². The first-order valence-electron chi connectivity index (χ1n) is 6.52. The van der Waals surface area contributed by atoms with E-state index in [-0.39, 0.29) is 23.0 Å². The maximum Gasteiger partial charge on any atom is 0.270 e. The molecular formula is C13H17N3O4. The van der Waals surface area contributed by atoms with Crippen molar-refractivity contribution < 1.29 is 14.5 Å². The fraction of sp³-hybridized carbons (Fsp3) is 0.462. The largest absolute Gasteiger partial charge is 0.491 e. The van der Waals surface area contributed by atoms with Crippen LogP contribution in [-0.4, -0.2) is 30.0 Å². The molecule has 0 bridgehead atoms. The minimum atomic E-state index is -0.736. The zero-order valence-corrected chi connectivity index (χ0v) is 11.0. The number of ether oxygens (including phenoxy) is 1. The van der Waals surface area contributed by atoms with Gasteiger partial charge in [-0.1, -0.05) is 6.42 Å². The van der Waals surface area contributed by atoms with Crippen LogP contribution in [0, 0.1) is 10.1 Å². The van der Waals surface area contributed by atoms with E-state index in [1.165, 1.54) is 12.1 Å². The highest BCUT2D eigenvalue weighted by Crippen LogP contribution is 2.24.